The van der Waals surface area contributed by atoms with Gasteiger partial charge in [-0.15, -0.1) is 0 Å². The van der Waals surface area contributed by atoms with Gasteiger partial charge in [0.15, 0.2) is 0 Å². The molecule has 0 bridgehead atoms. The summed E-state index contributed by atoms with van der Waals surface area (Å²) in [7, 11) is 1.76. The molecule has 0 radical (unpaired) electrons. The van der Waals surface area contributed by atoms with Crippen LogP contribution in [-0.2, 0) is 17.8 Å². The number of benzene rings is 2. The van der Waals surface area contributed by atoms with Gasteiger partial charge in [-0.3, -0.25) is 9.80 Å². The SMILES string of the molecule is COc1ccc(C)cc1CN(Cc1ccccc1)C(C)CN1CCOCC1. The fraction of sp³-hybridized carbons (Fsp3) is 0.478. The summed E-state index contributed by atoms with van der Waals surface area (Å²) in [5.74, 6) is 0.970. The molecule has 0 aliphatic carbocycles. The molecule has 1 heterocycles. The van der Waals surface area contributed by atoms with E-state index in [4.69, 9.17) is 9.47 Å². The first-order valence-corrected chi connectivity index (χ1v) is 9.87. The Morgan fingerprint density at radius 1 is 1.07 bits per heavy atom. The molecule has 1 aliphatic heterocycles. The lowest BCUT2D eigenvalue weighted by atomic mass is 10.1. The fourth-order valence-corrected chi connectivity index (χ4v) is 3.71. The van der Waals surface area contributed by atoms with Crippen LogP contribution in [0.4, 0.5) is 0 Å². The minimum Gasteiger partial charge on any atom is -0.496 e. The molecule has 27 heavy (non-hydrogen) atoms. The van der Waals surface area contributed by atoms with Crippen molar-refractivity contribution in [2.45, 2.75) is 33.0 Å². The monoisotopic (exact) mass is 368 g/mol. The Kier molecular flexibility index (Phi) is 7.27. The van der Waals surface area contributed by atoms with Gasteiger partial charge in [0.05, 0.1) is 20.3 Å². The van der Waals surface area contributed by atoms with E-state index in [9.17, 15) is 0 Å². The van der Waals surface area contributed by atoms with Gasteiger partial charge in [0, 0.05) is 44.3 Å². The van der Waals surface area contributed by atoms with Crippen molar-refractivity contribution in [3.63, 3.8) is 0 Å². The second-order valence-electron chi connectivity index (χ2n) is 7.47. The predicted octanol–water partition coefficient (Wildman–Crippen LogP) is 3.73. The molecule has 1 fully saturated rings. The summed E-state index contributed by atoms with van der Waals surface area (Å²) in [5, 5.41) is 0. The molecule has 1 saturated heterocycles. The first-order valence-electron chi connectivity index (χ1n) is 9.87. The van der Waals surface area contributed by atoms with Gasteiger partial charge in [-0.25, -0.2) is 0 Å². The minimum absolute atomic E-state index is 0.438. The van der Waals surface area contributed by atoms with E-state index in [1.54, 1.807) is 7.11 Å². The minimum atomic E-state index is 0.438. The van der Waals surface area contributed by atoms with Crippen LogP contribution >= 0.6 is 0 Å². The third-order valence-corrected chi connectivity index (χ3v) is 5.29. The molecule has 146 valence electrons. The highest BCUT2D eigenvalue weighted by atomic mass is 16.5. The van der Waals surface area contributed by atoms with Crippen molar-refractivity contribution < 1.29 is 9.47 Å². The molecular formula is C23H32N2O2. The summed E-state index contributed by atoms with van der Waals surface area (Å²) >= 11 is 0. The molecule has 4 nitrogen and oxygen atoms in total. The highest BCUT2D eigenvalue weighted by Gasteiger charge is 2.21. The third-order valence-electron chi connectivity index (χ3n) is 5.29. The predicted molar refractivity (Wildman–Crippen MR) is 110 cm³/mol. The zero-order valence-corrected chi connectivity index (χ0v) is 16.9. The van der Waals surface area contributed by atoms with E-state index in [0.29, 0.717) is 6.04 Å². The quantitative estimate of drug-likeness (QED) is 0.709. The van der Waals surface area contributed by atoms with Crippen LogP contribution in [0.5, 0.6) is 5.75 Å². The highest BCUT2D eigenvalue weighted by Crippen LogP contribution is 2.23. The second kappa shape index (κ2) is 9.88. The summed E-state index contributed by atoms with van der Waals surface area (Å²) in [6.07, 6.45) is 0. The van der Waals surface area contributed by atoms with Gasteiger partial charge < -0.3 is 9.47 Å². The number of nitrogens with zero attached hydrogens (tertiary/aromatic N) is 2. The first-order chi connectivity index (χ1) is 13.2. The number of hydrogen-bond acceptors (Lipinski definition) is 4. The van der Waals surface area contributed by atoms with E-state index >= 15 is 0 Å². The molecule has 0 aromatic heterocycles. The van der Waals surface area contributed by atoms with Crippen LogP contribution in [0, 0.1) is 6.92 Å². The van der Waals surface area contributed by atoms with Crippen LogP contribution in [0.2, 0.25) is 0 Å². The van der Waals surface area contributed by atoms with Crippen molar-refractivity contribution in [3.05, 3.63) is 65.2 Å². The normalized spacial score (nSPS) is 16.4. The van der Waals surface area contributed by atoms with Crippen LogP contribution in [0.25, 0.3) is 0 Å². The average Bonchev–Trinajstić information content (AvgIpc) is 2.69. The maximum absolute atomic E-state index is 5.63. The van der Waals surface area contributed by atoms with Gasteiger partial charge >= 0.3 is 0 Å². The maximum Gasteiger partial charge on any atom is 0.123 e. The second-order valence-corrected chi connectivity index (χ2v) is 7.47. The van der Waals surface area contributed by atoms with Crippen LogP contribution in [0.15, 0.2) is 48.5 Å². The molecular weight excluding hydrogens is 336 g/mol. The van der Waals surface area contributed by atoms with Crippen molar-refractivity contribution in [1.82, 2.24) is 9.80 Å². The van der Waals surface area contributed by atoms with Gasteiger partial charge in [-0.05, 0) is 25.5 Å². The van der Waals surface area contributed by atoms with Crippen molar-refractivity contribution in [2.24, 2.45) is 0 Å². The zero-order chi connectivity index (χ0) is 19.1. The topological polar surface area (TPSA) is 24.9 Å². The van der Waals surface area contributed by atoms with E-state index < -0.39 is 0 Å². The highest BCUT2D eigenvalue weighted by molar-refractivity contribution is 5.37. The van der Waals surface area contributed by atoms with E-state index in [-0.39, 0.29) is 0 Å². The maximum atomic E-state index is 5.63. The zero-order valence-electron chi connectivity index (χ0n) is 16.9. The molecule has 0 spiro atoms. The fourth-order valence-electron chi connectivity index (χ4n) is 3.71. The van der Waals surface area contributed by atoms with Crippen LogP contribution in [0.3, 0.4) is 0 Å². The molecule has 0 N–H and O–H groups in total. The molecule has 1 aliphatic rings. The summed E-state index contributed by atoms with van der Waals surface area (Å²) in [6, 6.07) is 17.6. The first kappa shape index (κ1) is 19.9. The molecule has 2 aromatic rings. The van der Waals surface area contributed by atoms with Crippen molar-refractivity contribution in [2.75, 3.05) is 40.0 Å². The Morgan fingerprint density at radius 2 is 1.81 bits per heavy atom. The van der Waals surface area contributed by atoms with Gasteiger partial charge in [-0.1, -0.05) is 48.0 Å². The largest absolute Gasteiger partial charge is 0.496 e. The van der Waals surface area contributed by atoms with Gasteiger partial charge in [-0.2, -0.15) is 0 Å². The number of methoxy groups -OCH3 is 1. The number of morpholine rings is 1. The Balaban J connectivity index is 1.77. The van der Waals surface area contributed by atoms with Crippen LogP contribution in [-0.4, -0.2) is 55.8 Å². The standard InChI is InChI=1S/C23H32N2O2/c1-19-9-10-23(26-3)22(15-19)18-25(17-21-7-5-4-6-8-21)20(2)16-24-11-13-27-14-12-24/h4-10,15,20H,11-14,16-18H2,1-3H3. The molecule has 3 rings (SSSR count). The lowest BCUT2D eigenvalue weighted by molar-refractivity contribution is 0.0225. The lowest BCUT2D eigenvalue weighted by Crippen LogP contribution is -2.45. The van der Waals surface area contributed by atoms with Gasteiger partial charge in [0.2, 0.25) is 0 Å². The van der Waals surface area contributed by atoms with Crippen LogP contribution in [0.1, 0.15) is 23.6 Å². The van der Waals surface area contributed by atoms with Crippen molar-refractivity contribution >= 4 is 0 Å². The molecule has 1 atom stereocenters. The van der Waals surface area contributed by atoms with E-state index in [2.05, 4.69) is 72.2 Å². The Labute approximate surface area is 163 Å². The number of ether oxygens (including phenoxy) is 2. The number of aryl methyl sites for hydroxylation is 1. The van der Waals surface area contributed by atoms with E-state index in [1.165, 1.54) is 16.7 Å². The van der Waals surface area contributed by atoms with Gasteiger partial charge in [0.25, 0.3) is 0 Å². The molecule has 2 aromatic carbocycles. The van der Waals surface area contributed by atoms with E-state index in [0.717, 1.165) is 51.7 Å². The van der Waals surface area contributed by atoms with Gasteiger partial charge in [0.1, 0.15) is 5.75 Å². The number of hydrogen-bond donors (Lipinski definition) is 0. The van der Waals surface area contributed by atoms with Crippen molar-refractivity contribution in [3.8, 4) is 5.75 Å². The van der Waals surface area contributed by atoms with E-state index in [1.807, 2.05) is 0 Å². The number of rotatable bonds is 8. The summed E-state index contributed by atoms with van der Waals surface area (Å²) < 4.78 is 11.1. The lowest BCUT2D eigenvalue weighted by Gasteiger charge is -2.35. The third kappa shape index (κ3) is 5.80. The molecule has 0 amide bonds. The molecule has 4 heteroatoms. The summed E-state index contributed by atoms with van der Waals surface area (Å²) in [4.78, 5) is 5.07. The smallest absolute Gasteiger partial charge is 0.123 e. The Morgan fingerprint density at radius 3 is 2.52 bits per heavy atom. The summed E-state index contributed by atoms with van der Waals surface area (Å²) in [6.45, 7) is 11.1. The van der Waals surface area contributed by atoms with Crippen molar-refractivity contribution in [1.29, 1.82) is 0 Å². The molecule has 0 saturated carbocycles. The average molecular weight is 369 g/mol. The van der Waals surface area contributed by atoms with Crippen LogP contribution < -0.4 is 4.74 Å². The molecule has 1 unspecified atom stereocenters. The summed E-state index contributed by atoms with van der Waals surface area (Å²) in [5.41, 5.74) is 3.87. The Bertz CT molecular complexity index is 699. The Hall–Kier alpha value is -1.88.